The summed E-state index contributed by atoms with van der Waals surface area (Å²) in [6, 6.07) is 11.8. The highest BCUT2D eigenvalue weighted by Crippen LogP contribution is 2.33. The molecule has 0 unspecified atom stereocenters. The number of aryl methyl sites for hydroxylation is 2. The lowest BCUT2D eigenvalue weighted by Crippen LogP contribution is -2.22. The van der Waals surface area contributed by atoms with Crippen LogP contribution >= 0.6 is 0 Å². The Labute approximate surface area is 186 Å². The molecule has 2 heterocycles. The average molecular weight is 429 g/mol. The number of amides is 1. The highest BCUT2D eigenvalue weighted by atomic mass is 16.1. The number of nitrogens with two attached hydrogens (primary N) is 2. The van der Waals surface area contributed by atoms with Crippen molar-refractivity contribution in [3.05, 3.63) is 58.8 Å². The van der Waals surface area contributed by atoms with E-state index in [-0.39, 0.29) is 11.9 Å². The largest absolute Gasteiger partial charge is 0.383 e. The third-order valence-corrected chi connectivity index (χ3v) is 6.35. The van der Waals surface area contributed by atoms with Crippen molar-refractivity contribution >= 4 is 39.5 Å². The van der Waals surface area contributed by atoms with Gasteiger partial charge in [-0.05, 0) is 73.6 Å². The van der Waals surface area contributed by atoms with E-state index in [9.17, 15) is 4.79 Å². The highest BCUT2D eigenvalue weighted by Gasteiger charge is 2.20. The molecule has 7 nitrogen and oxygen atoms in total. The quantitative estimate of drug-likeness (QED) is 0.445. The Morgan fingerprint density at radius 3 is 2.75 bits per heavy atom. The molecule has 0 fully saturated rings. The Hall–Kier alpha value is -3.61. The number of nitrogens with one attached hydrogen (secondary N) is 1. The minimum absolute atomic E-state index is 0.0819. The molecular formula is C25H28N6O. The van der Waals surface area contributed by atoms with Gasteiger partial charge in [0.15, 0.2) is 0 Å². The normalized spacial score (nSPS) is 13.4. The van der Waals surface area contributed by atoms with Crippen molar-refractivity contribution in [1.29, 1.82) is 0 Å². The fraction of sp³-hybridized carbons (Fsp3) is 0.320. The molecule has 5 N–H and O–H groups in total. The first-order valence-electron chi connectivity index (χ1n) is 11.3. The Kier molecular flexibility index (Phi) is 5.17. The number of rotatable bonds is 5. The van der Waals surface area contributed by atoms with Crippen molar-refractivity contribution in [3.63, 3.8) is 0 Å². The molecule has 2 aromatic carbocycles. The highest BCUT2D eigenvalue weighted by molar-refractivity contribution is 5.99. The molecule has 1 aliphatic rings. The predicted molar refractivity (Wildman–Crippen MR) is 128 cm³/mol. The average Bonchev–Trinajstić information content (AvgIpc) is 3.10. The molecule has 0 aliphatic heterocycles. The molecule has 1 aliphatic carbocycles. The van der Waals surface area contributed by atoms with E-state index in [2.05, 4.69) is 38.9 Å². The van der Waals surface area contributed by atoms with Crippen molar-refractivity contribution in [3.8, 4) is 0 Å². The molecule has 5 rings (SSSR count). The van der Waals surface area contributed by atoms with Gasteiger partial charge in [0.25, 0.3) is 5.91 Å². The van der Waals surface area contributed by atoms with Crippen molar-refractivity contribution < 1.29 is 4.79 Å². The van der Waals surface area contributed by atoms with Gasteiger partial charge in [0.05, 0.1) is 5.52 Å². The van der Waals surface area contributed by atoms with Gasteiger partial charge in [-0.25, -0.2) is 4.98 Å². The van der Waals surface area contributed by atoms with E-state index >= 15 is 0 Å². The molecule has 4 aromatic rings. The zero-order valence-electron chi connectivity index (χ0n) is 18.3. The van der Waals surface area contributed by atoms with Crippen LogP contribution in [0.1, 0.15) is 53.4 Å². The van der Waals surface area contributed by atoms with Crippen molar-refractivity contribution in [2.24, 2.45) is 0 Å². The minimum Gasteiger partial charge on any atom is -0.383 e. The lowest BCUT2D eigenvalue weighted by molar-refractivity contribution is 0.0951. The number of hydrogen-bond donors (Lipinski definition) is 3. The number of benzene rings is 2. The molecule has 1 amide bonds. The van der Waals surface area contributed by atoms with Crippen LogP contribution in [0.5, 0.6) is 0 Å². The number of fused-ring (bicyclic) bond motifs is 4. The fourth-order valence-electron chi connectivity index (χ4n) is 4.87. The Balaban J connectivity index is 1.40. The zero-order valence-corrected chi connectivity index (χ0v) is 18.3. The molecule has 0 radical (unpaired) electrons. The predicted octanol–water partition coefficient (Wildman–Crippen LogP) is 3.97. The monoisotopic (exact) mass is 428 g/mol. The summed E-state index contributed by atoms with van der Waals surface area (Å²) in [6.07, 6.45) is 5.79. The second kappa shape index (κ2) is 8.15. The van der Waals surface area contributed by atoms with Crippen molar-refractivity contribution in [1.82, 2.24) is 19.9 Å². The molecule has 164 valence electrons. The first-order valence-corrected chi connectivity index (χ1v) is 11.3. The summed E-state index contributed by atoms with van der Waals surface area (Å²) >= 11 is 0. The van der Waals surface area contributed by atoms with E-state index in [0.29, 0.717) is 23.4 Å². The van der Waals surface area contributed by atoms with E-state index in [1.807, 2.05) is 24.3 Å². The van der Waals surface area contributed by atoms with Crippen LogP contribution in [0.2, 0.25) is 0 Å². The van der Waals surface area contributed by atoms with E-state index in [1.54, 1.807) is 0 Å². The van der Waals surface area contributed by atoms with Crippen molar-refractivity contribution in [2.75, 3.05) is 11.5 Å². The molecule has 0 saturated heterocycles. The van der Waals surface area contributed by atoms with Crippen LogP contribution in [0.25, 0.3) is 21.8 Å². The van der Waals surface area contributed by atoms with Crippen LogP contribution in [0.4, 0.5) is 11.8 Å². The zero-order chi connectivity index (χ0) is 22.2. The number of carbonyl (C=O) groups is 1. The maximum Gasteiger partial charge on any atom is 0.251 e. The maximum absolute atomic E-state index is 13.0. The first-order chi connectivity index (χ1) is 15.5. The number of nitrogen functional groups attached to an aromatic ring is 2. The van der Waals surface area contributed by atoms with Crippen LogP contribution in [-0.4, -0.2) is 20.4 Å². The topological polar surface area (TPSA) is 112 Å². The SMILES string of the molecule is CCCn1c2c(c3cc(C(=O)NCc4ccc5c(N)nc(N)nc5c4)ccc31)CCCC2. The van der Waals surface area contributed by atoms with Gasteiger partial charge in [-0.2, -0.15) is 4.98 Å². The lowest BCUT2D eigenvalue weighted by atomic mass is 9.95. The standard InChI is InChI=1S/C25H28N6O/c1-2-11-31-21-6-4-3-5-17(21)19-13-16(8-10-22(19)31)24(32)28-14-15-7-9-18-20(12-15)29-25(27)30-23(18)26/h7-10,12-13H,2-6,11,14H2,1H3,(H,28,32)(H4,26,27,29,30). The summed E-state index contributed by atoms with van der Waals surface area (Å²) in [6.45, 7) is 3.63. The second-order valence-electron chi connectivity index (χ2n) is 8.52. The Morgan fingerprint density at radius 2 is 1.91 bits per heavy atom. The molecule has 32 heavy (non-hydrogen) atoms. The van der Waals surface area contributed by atoms with E-state index in [1.165, 1.54) is 35.0 Å². The summed E-state index contributed by atoms with van der Waals surface area (Å²) in [4.78, 5) is 21.2. The summed E-state index contributed by atoms with van der Waals surface area (Å²) < 4.78 is 2.46. The van der Waals surface area contributed by atoms with Crippen LogP contribution in [0, 0.1) is 0 Å². The molecule has 7 heteroatoms. The van der Waals surface area contributed by atoms with Gasteiger partial charge in [-0.15, -0.1) is 0 Å². The molecule has 0 atom stereocenters. The van der Waals surface area contributed by atoms with Gasteiger partial charge in [0.1, 0.15) is 5.82 Å². The Bertz CT molecular complexity index is 1340. The molecular weight excluding hydrogens is 400 g/mol. The van der Waals surface area contributed by atoms with E-state index < -0.39 is 0 Å². The van der Waals surface area contributed by atoms with E-state index in [0.717, 1.165) is 36.8 Å². The van der Waals surface area contributed by atoms with Crippen LogP contribution in [0.15, 0.2) is 36.4 Å². The van der Waals surface area contributed by atoms with Crippen LogP contribution in [-0.2, 0) is 25.9 Å². The molecule has 0 bridgehead atoms. The molecule has 0 saturated carbocycles. The third-order valence-electron chi connectivity index (χ3n) is 6.35. The lowest BCUT2D eigenvalue weighted by Gasteiger charge is -2.15. The summed E-state index contributed by atoms with van der Waals surface area (Å²) in [5.74, 6) is 0.416. The number of aromatic nitrogens is 3. The van der Waals surface area contributed by atoms with Gasteiger partial charge in [-0.1, -0.05) is 13.0 Å². The molecule has 2 aromatic heterocycles. The minimum atomic E-state index is -0.0819. The van der Waals surface area contributed by atoms with Crippen molar-refractivity contribution in [2.45, 2.75) is 52.1 Å². The van der Waals surface area contributed by atoms with Gasteiger partial charge in [0, 0.05) is 40.6 Å². The summed E-state index contributed by atoms with van der Waals surface area (Å²) in [5.41, 5.74) is 18.1. The second-order valence-corrected chi connectivity index (χ2v) is 8.52. The van der Waals surface area contributed by atoms with Crippen LogP contribution < -0.4 is 16.8 Å². The number of nitrogens with zero attached hydrogens (tertiary/aromatic N) is 3. The maximum atomic E-state index is 13.0. The van der Waals surface area contributed by atoms with E-state index in [4.69, 9.17) is 11.5 Å². The summed E-state index contributed by atoms with van der Waals surface area (Å²) in [7, 11) is 0. The number of hydrogen-bond acceptors (Lipinski definition) is 5. The molecule has 0 spiro atoms. The number of anilines is 2. The Morgan fingerprint density at radius 1 is 1.06 bits per heavy atom. The third kappa shape index (κ3) is 3.53. The summed E-state index contributed by atoms with van der Waals surface area (Å²) in [5, 5.41) is 5.02. The van der Waals surface area contributed by atoms with Crippen LogP contribution in [0.3, 0.4) is 0 Å². The number of carbonyl (C=O) groups excluding carboxylic acids is 1. The fourth-order valence-corrected chi connectivity index (χ4v) is 4.87. The van der Waals surface area contributed by atoms with Gasteiger partial charge in [0.2, 0.25) is 5.95 Å². The van der Waals surface area contributed by atoms with Gasteiger partial charge in [-0.3, -0.25) is 4.79 Å². The smallest absolute Gasteiger partial charge is 0.251 e. The van der Waals surface area contributed by atoms with Gasteiger partial charge < -0.3 is 21.4 Å². The first kappa shape index (κ1) is 20.3. The van der Waals surface area contributed by atoms with Gasteiger partial charge >= 0.3 is 0 Å².